The summed E-state index contributed by atoms with van der Waals surface area (Å²) in [6, 6.07) is 14.0. The predicted molar refractivity (Wildman–Crippen MR) is 127 cm³/mol. The highest BCUT2D eigenvalue weighted by Gasteiger charge is 2.32. The molecule has 3 rings (SSSR count). The highest BCUT2D eigenvalue weighted by Crippen LogP contribution is 2.23. The normalized spacial score (nSPS) is 16.8. The van der Waals surface area contributed by atoms with E-state index in [1.165, 1.54) is 11.6 Å². The van der Waals surface area contributed by atoms with Crippen LogP contribution in [0.25, 0.3) is 0 Å². The molecule has 1 heterocycles. The Bertz CT molecular complexity index is 1090. The smallest absolute Gasteiger partial charge is 0.263 e. The van der Waals surface area contributed by atoms with E-state index in [4.69, 9.17) is 0 Å². The first-order valence-electron chi connectivity index (χ1n) is 11.0. The van der Waals surface area contributed by atoms with Gasteiger partial charge in [-0.2, -0.15) is 0 Å². The molecule has 1 amide bonds. The summed E-state index contributed by atoms with van der Waals surface area (Å²) < 4.78 is 27.2. The van der Waals surface area contributed by atoms with E-state index >= 15 is 0 Å². The van der Waals surface area contributed by atoms with E-state index in [2.05, 4.69) is 39.8 Å². The van der Waals surface area contributed by atoms with Gasteiger partial charge in [0.15, 0.2) is 0 Å². The van der Waals surface area contributed by atoms with Gasteiger partial charge in [0.2, 0.25) is 5.91 Å². The summed E-state index contributed by atoms with van der Waals surface area (Å²) in [7, 11) is -3.65. The van der Waals surface area contributed by atoms with E-state index in [9.17, 15) is 13.2 Å². The number of amides is 1. The Balaban J connectivity index is 1.78. The van der Waals surface area contributed by atoms with Crippen LogP contribution in [0.4, 0.5) is 0 Å². The molecule has 32 heavy (non-hydrogen) atoms. The third-order valence-electron chi connectivity index (χ3n) is 5.69. The summed E-state index contributed by atoms with van der Waals surface area (Å²) in [4.78, 5) is 20.1. The van der Waals surface area contributed by atoms with Gasteiger partial charge in [-0.15, -0.1) is 0 Å². The molecule has 0 unspecified atom stereocenters. The van der Waals surface area contributed by atoms with Gasteiger partial charge in [-0.3, -0.25) is 19.4 Å². The number of nitrogens with one attached hydrogen (secondary N) is 2. The zero-order valence-electron chi connectivity index (χ0n) is 19.1. The fraction of sp³-hybridized carbons (Fsp3) is 0.417. The molecule has 0 spiro atoms. The highest BCUT2D eigenvalue weighted by atomic mass is 32.2. The molecule has 0 aromatic heterocycles. The van der Waals surface area contributed by atoms with Crippen LogP contribution in [0.1, 0.15) is 44.4 Å². The van der Waals surface area contributed by atoms with Gasteiger partial charge in [0.25, 0.3) is 10.0 Å². The number of aliphatic imine (C=N–C) groups is 1. The molecule has 1 aliphatic rings. The lowest BCUT2D eigenvalue weighted by Gasteiger charge is -2.21. The van der Waals surface area contributed by atoms with E-state index in [1.807, 2.05) is 32.0 Å². The fourth-order valence-corrected chi connectivity index (χ4v) is 4.98. The largest absolute Gasteiger partial charge is 0.350 e. The lowest BCUT2D eigenvalue weighted by Crippen LogP contribution is -2.38. The molecule has 7 nitrogen and oxygen atoms in total. The van der Waals surface area contributed by atoms with Crippen molar-refractivity contribution in [3.8, 4) is 0 Å². The van der Waals surface area contributed by atoms with Crippen LogP contribution in [0, 0.1) is 5.92 Å². The third kappa shape index (κ3) is 5.37. The van der Waals surface area contributed by atoms with Gasteiger partial charge in [0.05, 0.1) is 4.90 Å². The van der Waals surface area contributed by atoms with Gasteiger partial charge in [-0.25, -0.2) is 8.42 Å². The Kier molecular flexibility index (Phi) is 7.69. The average molecular weight is 457 g/mol. The molecule has 1 atom stereocenters. The number of benzene rings is 2. The van der Waals surface area contributed by atoms with Crippen LogP contribution in [-0.4, -0.2) is 44.2 Å². The van der Waals surface area contributed by atoms with Crippen LogP contribution >= 0.6 is 0 Å². The standard InChI is InChI=1S/C24H32N4O3S/c1-5-28(6-2)16-19-12-8-7-11-18(19)15-25-24(29)22(17(3)4)26-23-20-13-9-10-14-21(20)32(30,31)27-23/h7-14,17,22H,5-6,15-16H2,1-4H3,(H,25,29)(H,26,27)/t22-/m0/s1. The van der Waals surface area contributed by atoms with E-state index in [0.29, 0.717) is 12.1 Å². The SMILES string of the molecule is CCN(CC)Cc1ccccc1CNC(=O)[C@@H](N=C1NS(=O)(=O)c2ccccc21)C(C)C. The first kappa shape index (κ1) is 23.9. The zero-order chi connectivity index (χ0) is 23.3. The molecule has 0 aliphatic carbocycles. The lowest BCUT2D eigenvalue weighted by atomic mass is 10.0. The molecule has 1 aliphatic heterocycles. The summed E-state index contributed by atoms with van der Waals surface area (Å²) >= 11 is 0. The number of amidine groups is 1. The summed E-state index contributed by atoms with van der Waals surface area (Å²) in [5, 5.41) is 3.01. The van der Waals surface area contributed by atoms with Crippen molar-refractivity contribution >= 4 is 21.8 Å². The topological polar surface area (TPSA) is 90.9 Å². The lowest BCUT2D eigenvalue weighted by molar-refractivity contribution is -0.123. The van der Waals surface area contributed by atoms with Crippen LogP contribution in [0.2, 0.25) is 0 Å². The number of fused-ring (bicyclic) bond motifs is 1. The summed E-state index contributed by atoms with van der Waals surface area (Å²) in [6.07, 6.45) is 0. The first-order valence-corrected chi connectivity index (χ1v) is 12.5. The van der Waals surface area contributed by atoms with Crippen LogP contribution in [0.15, 0.2) is 58.4 Å². The number of carbonyl (C=O) groups is 1. The second-order valence-electron chi connectivity index (χ2n) is 8.22. The summed E-state index contributed by atoms with van der Waals surface area (Å²) in [5.41, 5.74) is 2.74. The predicted octanol–water partition coefficient (Wildman–Crippen LogP) is 2.91. The van der Waals surface area contributed by atoms with Gasteiger partial charge < -0.3 is 5.32 Å². The van der Waals surface area contributed by atoms with Gasteiger partial charge in [0, 0.05) is 18.7 Å². The molecule has 0 saturated heterocycles. The Morgan fingerprint density at radius 1 is 1.03 bits per heavy atom. The fourth-order valence-electron chi connectivity index (χ4n) is 3.74. The monoisotopic (exact) mass is 456 g/mol. The molecular weight excluding hydrogens is 424 g/mol. The van der Waals surface area contributed by atoms with Crippen molar-refractivity contribution in [2.75, 3.05) is 13.1 Å². The Morgan fingerprint density at radius 3 is 2.31 bits per heavy atom. The molecule has 2 N–H and O–H groups in total. The average Bonchev–Trinajstić information content (AvgIpc) is 3.04. The number of hydrogen-bond acceptors (Lipinski definition) is 5. The number of rotatable bonds is 9. The van der Waals surface area contributed by atoms with Gasteiger partial charge >= 0.3 is 0 Å². The molecule has 0 fully saturated rings. The zero-order valence-corrected chi connectivity index (χ0v) is 19.9. The van der Waals surface area contributed by atoms with Crippen molar-refractivity contribution < 1.29 is 13.2 Å². The molecule has 2 aromatic rings. The van der Waals surface area contributed by atoms with Crippen molar-refractivity contribution in [1.82, 2.24) is 14.9 Å². The van der Waals surface area contributed by atoms with E-state index in [-0.39, 0.29) is 22.6 Å². The number of sulfonamides is 1. The Morgan fingerprint density at radius 2 is 1.66 bits per heavy atom. The van der Waals surface area contributed by atoms with E-state index in [0.717, 1.165) is 25.2 Å². The number of nitrogens with zero attached hydrogens (tertiary/aromatic N) is 2. The van der Waals surface area contributed by atoms with Crippen LogP contribution in [0.3, 0.4) is 0 Å². The molecule has 8 heteroatoms. The molecule has 0 radical (unpaired) electrons. The maximum atomic E-state index is 13.1. The minimum atomic E-state index is -3.65. The van der Waals surface area contributed by atoms with Crippen LogP contribution < -0.4 is 10.0 Å². The summed E-state index contributed by atoms with van der Waals surface area (Å²) in [6.45, 7) is 11.2. The molecule has 0 bridgehead atoms. The van der Waals surface area contributed by atoms with Crippen molar-refractivity contribution in [2.24, 2.45) is 10.9 Å². The minimum Gasteiger partial charge on any atom is -0.350 e. The molecule has 2 aromatic carbocycles. The van der Waals surface area contributed by atoms with Crippen molar-refractivity contribution in [1.29, 1.82) is 0 Å². The Hall–Kier alpha value is -2.71. The van der Waals surface area contributed by atoms with Crippen molar-refractivity contribution in [2.45, 2.75) is 51.7 Å². The number of hydrogen-bond donors (Lipinski definition) is 2. The quantitative estimate of drug-likeness (QED) is 0.607. The first-order chi connectivity index (χ1) is 15.3. The van der Waals surface area contributed by atoms with Gasteiger partial charge in [-0.05, 0) is 42.3 Å². The summed E-state index contributed by atoms with van der Waals surface area (Å²) in [5.74, 6) is -0.115. The van der Waals surface area contributed by atoms with E-state index < -0.39 is 16.1 Å². The van der Waals surface area contributed by atoms with Gasteiger partial charge in [0.1, 0.15) is 11.9 Å². The van der Waals surface area contributed by atoms with Crippen molar-refractivity contribution in [3.63, 3.8) is 0 Å². The molecular formula is C24H32N4O3S. The maximum Gasteiger partial charge on any atom is 0.263 e. The highest BCUT2D eigenvalue weighted by molar-refractivity contribution is 7.90. The van der Waals surface area contributed by atoms with Crippen molar-refractivity contribution in [3.05, 3.63) is 65.2 Å². The minimum absolute atomic E-state index is 0.106. The maximum absolute atomic E-state index is 13.1. The number of carbonyl (C=O) groups excluding carboxylic acids is 1. The third-order valence-corrected chi connectivity index (χ3v) is 7.09. The molecule has 172 valence electrons. The second kappa shape index (κ2) is 10.3. The second-order valence-corrected chi connectivity index (χ2v) is 9.87. The Labute approximate surface area is 191 Å². The van der Waals surface area contributed by atoms with Crippen LogP contribution in [0.5, 0.6) is 0 Å². The van der Waals surface area contributed by atoms with Crippen LogP contribution in [-0.2, 0) is 27.9 Å². The molecule has 0 saturated carbocycles. The van der Waals surface area contributed by atoms with E-state index in [1.54, 1.807) is 18.2 Å². The van der Waals surface area contributed by atoms with Gasteiger partial charge in [-0.1, -0.05) is 64.1 Å².